The summed E-state index contributed by atoms with van der Waals surface area (Å²) in [6, 6.07) is 0.768. The highest BCUT2D eigenvalue weighted by molar-refractivity contribution is 7.11. The third-order valence-corrected chi connectivity index (χ3v) is 5.98. The molecule has 0 aromatic carbocycles. The summed E-state index contributed by atoms with van der Waals surface area (Å²) < 4.78 is 0. The van der Waals surface area contributed by atoms with Gasteiger partial charge in [0.05, 0.1) is 11.2 Å². The van der Waals surface area contributed by atoms with Crippen LogP contribution in [0.2, 0.25) is 0 Å². The van der Waals surface area contributed by atoms with E-state index < -0.39 is 0 Å². The van der Waals surface area contributed by atoms with E-state index in [2.05, 4.69) is 19.2 Å². The molecule has 106 valence electrons. The SMILES string of the molecule is Cc1nc(C2(NC3CC3)CCCCCCC2)sc1C. The summed E-state index contributed by atoms with van der Waals surface area (Å²) >= 11 is 1.93. The molecule has 2 aliphatic carbocycles. The molecule has 19 heavy (non-hydrogen) atoms. The summed E-state index contributed by atoms with van der Waals surface area (Å²) in [5.74, 6) is 0. The summed E-state index contributed by atoms with van der Waals surface area (Å²) in [6.45, 7) is 4.37. The van der Waals surface area contributed by atoms with Crippen molar-refractivity contribution in [3.05, 3.63) is 15.6 Å². The number of rotatable bonds is 3. The van der Waals surface area contributed by atoms with E-state index in [1.54, 1.807) is 0 Å². The Hall–Kier alpha value is -0.410. The van der Waals surface area contributed by atoms with Crippen molar-refractivity contribution in [1.29, 1.82) is 0 Å². The maximum atomic E-state index is 4.92. The molecule has 1 heterocycles. The molecule has 2 aliphatic rings. The second kappa shape index (κ2) is 5.53. The minimum absolute atomic E-state index is 0.200. The lowest BCUT2D eigenvalue weighted by Gasteiger charge is -2.35. The van der Waals surface area contributed by atoms with Gasteiger partial charge in [0.2, 0.25) is 0 Å². The highest BCUT2D eigenvalue weighted by Gasteiger charge is 2.39. The number of thiazole rings is 1. The number of nitrogens with zero attached hydrogens (tertiary/aromatic N) is 1. The van der Waals surface area contributed by atoms with Crippen LogP contribution in [0.15, 0.2) is 0 Å². The molecular weight excluding hydrogens is 252 g/mol. The van der Waals surface area contributed by atoms with Crippen LogP contribution in [0.5, 0.6) is 0 Å². The summed E-state index contributed by atoms with van der Waals surface area (Å²) in [6.07, 6.45) is 12.3. The van der Waals surface area contributed by atoms with Crippen molar-refractivity contribution in [2.24, 2.45) is 0 Å². The largest absolute Gasteiger partial charge is 0.303 e. The van der Waals surface area contributed by atoms with Gasteiger partial charge < -0.3 is 5.32 Å². The highest BCUT2D eigenvalue weighted by atomic mass is 32.1. The van der Waals surface area contributed by atoms with E-state index in [4.69, 9.17) is 4.98 Å². The maximum Gasteiger partial charge on any atom is 0.113 e. The molecule has 3 heteroatoms. The molecule has 0 spiro atoms. The lowest BCUT2D eigenvalue weighted by Crippen LogP contribution is -2.44. The van der Waals surface area contributed by atoms with Gasteiger partial charge >= 0.3 is 0 Å². The fraction of sp³-hybridized carbons (Fsp3) is 0.812. The normalized spacial score (nSPS) is 23.9. The first-order valence-electron chi connectivity index (χ1n) is 7.92. The van der Waals surface area contributed by atoms with Gasteiger partial charge in [-0.2, -0.15) is 0 Å². The predicted molar refractivity (Wildman–Crippen MR) is 81.7 cm³/mol. The molecule has 1 aromatic heterocycles. The van der Waals surface area contributed by atoms with E-state index in [0.29, 0.717) is 0 Å². The highest BCUT2D eigenvalue weighted by Crippen LogP contribution is 2.40. The molecule has 2 saturated carbocycles. The molecular formula is C16H26N2S. The first-order valence-corrected chi connectivity index (χ1v) is 8.73. The van der Waals surface area contributed by atoms with Gasteiger partial charge in [-0.3, -0.25) is 0 Å². The molecule has 0 radical (unpaired) electrons. The fourth-order valence-electron chi connectivity index (χ4n) is 3.22. The number of hydrogen-bond acceptors (Lipinski definition) is 3. The fourth-order valence-corrected chi connectivity index (χ4v) is 4.35. The lowest BCUT2D eigenvalue weighted by atomic mass is 9.84. The Kier molecular flexibility index (Phi) is 3.95. The summed E-state index contributed by atoms with van der Waals surface area (Å²) in [5.41, 5.74) is 1.43. The molecule has 0 amide bonds. The van der Waals surface area contributed by atoms with Crippen molar-refractivity contribution < 1.29 is 0 Å². The van der Waals surface area contributed by atoms with Gasteiger partial charge in [-0.15, -0.1) is 11.3 Å². The molecule has 0 unspecified atom stereocenters. The Balaban J connectivity index is 1.88. The lowest BCUT2D eigenvalue weighted by molar-refractivity contribution is 0.248. The predicted octanol–water partition coefficient (Wildman–Crippen LogP) is 4.45. The quantitative estimate of drug-likeness (QED) is 0.883. The van der Waals surface area contributed by atoms with Gasteiger partial charge in [-0.05, 0) is 39.5 Å². The Morgan fingerprint density at radius 1 is 1.05 bits per heavy atom. The van der Waals surface area contributed by atoms with Crippen molar-refractivity contribution in [2.45, 2.75) is 83.2 Å². The van der Waals surface area contributed by atoms with Gasteiger partial charge in [-0.1, -0.05) is 32.1 Å². The summed E-state index contributed by atoms with van der Waals surface area (Å²) in [4.78, 5) is 6.31. The van der Waals surface area contributed by atoms with Gasteiger partial charge in [0.1, 0.15) is 5.01 Å². The third kappa shape index (κ3) is 3.03. The molecule has 0 atom stereocenters. The van der Waals surface area contributed by atoms with Crippen LogP contribution in [0, 0.1) is 13.8 Å². The Labute approximate surface area is 121 Å². The molecule has 0 aliphatic heterocycles. The standard InChI is InChI=1S/C16H26N2S/c1-12-13(2)19-15(17-12)16(18-14-8-9-14)10-6-4-3-5-7-11-16/h14,18H,3-11H2,1-2H3. The molecule has 2 fully saturated rings. The zero-order valence-electron chi connectivity index (χ0n) is 12.3. The molecule has 2 nitrogen and oxygen atoms in total. The van der Waals surface area contributed by atoms with Crippen LogP contribution in [0.4, 0.5) is 0 Å². The monoisotopic (exact) mass is 278 g/mol. The van der Waals surface area contributed by atoms with E-state index in [1.807, 2.05) is 11.3 Å². The van der Waals surface area contributed by atoms with Crippen LogP contribution in [0.3, 0.4) is 0 Å². The van der Waals surface area contributed by atoms with Crippen molar-refractivity contribution >= 4 is 11.3 Å². The van der Waals surface area contributed by atoms with Gasteiger partial charge in [0, 0.05) is 10.9 Å². The van der Waals surface area contributed by atoms with Crippen LogP contribution in [-0.4, -0.2) is 11.0 Å². The van der Waals surface area contributed by atoms with E-state index in [1.165, 1.54) is 73.4 Å². The molecule has 0 bridgehead atoms. The van der Waals surface area contributed by atoms with Gasteiger partial charge in [0.25, 0.3) is 0 Å². The van der Waals surface area contributed by atoms with Crippen molar-refractivity contribution in [1.82, 2.24) is 10.3 Å². The Morgan fingerprint density at radius 2 is 1.68 bits per heavy atom. The van der Waals surface area contributed by atoms with E-state index in [9.17, 15) is 0 Å². The van der Waals surface area contributed by atoms with Crippen molar-refractivity contribution in [2.75, 3.05) is 0 Å². The first-order chi connectivity index (χ1) is 9.20. The van der Waals surface area contributed by atoms with Crippen LogP contribution < -0.4 is 5.32 Å². The van der Waals surface area contributed by atoms with Crippen LogP contribution >= 0.6 is 11.3 Å². The van der Waals surface area contributed by atoms with Gasteiger partial charge in [0.15, 0.2) is 0 Å². The second-order valence-electron chi connectivity index (χ2n) is 6.43. The number of hydrogen-bond donors (Lipinski definition) is 1. The Bertz CT molecular complexity index is 406. The van der Waals surface area contributed by atoms with E-state index in [-0.39, 0.29) is 5.54 Å². The number of aryl methyl sites for hydroxylation is 2. The number of aromatic nitrogens is 1. The Morgan fingerprint density at radius 3 is 2.21 bits per heavy atom. The van der Waals surface area contributed by atoms with Crippen molar-refractivity contribution in [3.63, 3.8) is 0 Å². The summed E-state index contributed by atoms with van der Waals surface area (Å²) in [5, 5.41) is 5.35. The molecule has 3 rings (SSSR count). The molecule has 0 saturated heterocycles. The smallest absolute Gasteiger partial charge is 0.113 e. The zero-order valence-corrected chi connectivity index (χ0v) is 13.1. The van der Waals surface area contributed by atoms with Gasteiger partial charge in [-0.25, -0.2) is 4.98 Å². The van der Waals surface area contributed by atoms with Crippen molar-refractivity contribution in [3.8, 4) is 0 Å². The topological polar surface area (TPSA) is 24.9 Å². The number of nitrogens with one attached hydrogen (secondary N) is 1. The minimum atomic E-state index is 0.200. The minimum Gasteiger partial charge on any atom is -0.303 e. The second-order valence-corrected chi connectivity index (χ2v) is 7.63. The van der Waals surface area contributed by atoms with E-state index in [0.717, 1.165) is 6.04 Å². The molecule has 1 aromatic rings. The zero-order chi connectivity index (χ0) is 13.3. The first kappa shape index (κ1) is 13.6. The summed E-state index contributed by atoms with van der Waals surface area (Å²) in [7, 11) is 0. The average molecular weight is 278 g/mol. The van der Waals surface area contributed by atoms with E-state index >= 15 is 0 Å². The maximum absolute atomic E-state index is 4.92. The average Bonchev–Trinajstić information content (AvgIpc) is 3.09. The third-order valence-electron chi connectivity index (χ3n) is 4.70. The van der Waals surface area contributed by atoms with Crippen LogP contribution in [0.1, 0.15) is 73.4 Å². The van der Waals surface area contributed by atoms with Crippen LogP contribution in [0.25, 0.3) is 0 Å². The van der Waals surface area contributed by atoms with Crippen LogP contribution in [-0.2, 0) is 5.54 Å². The molecule has 1 N–H and O–H groups in total.